The van der Waals surface area contributed by atoms with Crippen molar-refractivity contribution < 1.29 is 9.59 Å². The first-order chi connectivity index (χ1) is 9.97. The largest absolute Gasteiger partial charge is 0.350 e. The van der Waals surface area contributed by atoms with Gasteiger partial charge in [0, 0.05) is 30.5 Å². The minimum Gasteiger partial charge on any atom is -0.350 e. The molecule has 0 bridgehead atoms. The topological polar surface area (TPSA) is 76.0 Å². The highest BCUT2D eigenvalue weighted by atomic mass is 16.2. The molecule has 0 aliphatic heterocycles. The average molecular weight is 286 g/mol. The Morgan fingerprint density at radius 2 is 1.76 bits per heavy atom. The molecule has 21 heavy (non-hydrogen) atoms. The molecule has 6 heteroatoms. The van der Waals surface area contributed by atoms with E-state index in [-0.39, 0.29) is 17.9 Å². The number of aromatic nitrogens is 2. The number of aryl methyl sites for hydroxylation is 1. The number of nitrogens with zero attached hydrogens (tertiary/aromatic N) is 2. The van der Waals surface area contributed by atoms with E-state index in [1.165, 1.54) is 4.68 Å². The number of anilines is 1. The molecule has 2 N–H and O–H groups in total. The Labute approximate surface area is 123 Å². The number of hydrogen-bond donors (Lipinski definition) is 2. The maximum Gasteiger partial charge on any atom is 0.273 e. The minimum atomic E-state index is -0.241. The molecule has 0 radical (unpaired) electrons. The van der Waals surface area contributed by atoms with E-state index in [1.54, 1.807) is 43.6 Å². The van der Waals surface area contributed by atoms with Gasteiger partial charge in [0.15, 0.2) is 0 Å². The number of hydrogen-bond acceptors (Lipinski definition) is 3. The highest BCUT2D eigenvalue weighted by molar-refractivity contribution is 6.03. The molecule has 0 atom stereocenters. The zero-order valence-corrected chi connectivity index (χ0v) is 12.3. The Bertz CT molecular complexity index is 644. The van der Waals surface area contributed by atoms with Crippen molar-refractivity contribution in [2.45, 2.75) is 19.9 Å². The first kappa shape index (κ1) is 14.8. The van der Waals surface area contributed by atoms with E-state index < -0.39 is 0 Å². The summed E-state index contributed by atoms with van der Waals surface area (Å²) >= 11 is 0. The van der Waals surface area contributed by atoms with Gasteiger partial charge in [-0.05, 0) is 44.2 Å². The number of amides is 2. The van der Waals surface area contributed by atoms with Gasteiger partial charge in [-0.15, -0.1) is 0 Å². The van der Waals surface area contributed by atoms with Gasteiger partial charge in [0.2, 0.25) is 0 Å². The molecule has 1 aromatic heterocycles. The van der Waals surface area contributed by atoms with Crippen LogP contribution in [0.15, 0.2) is 36.5 Å². The fourth-order valence-corrected chi connectivity index (χ4v) is 1.84. The van der Waals surface area contributed by atoms with E-state index in [0.717, 1.165) is 0 Å². The molecule has 2 rings (SSSR count). The Kier molecular flexibility index (Phi) is 4.37. The predicted molar refractivity (Wildman–Crippen MR) is 80.2 cm³/mol. The molecule has 1 aromatic carbocycles. The van der Waals surface area contributed by atoms with Crippen molar-refractivity contribution in [1.29, 1.82) is 0 Å². The number of carbonyl (C=O) groups excluding carboxylic acids is 2. The molecular weight excluding hydrogens is 268 g/mol. The second-order valence-electron chi connectivity index (χ2n) is 5.00. The maximum atomic E-state index is 12.0. The summed E-state index contributed by atoms with van der Waals surface area (Å²) in [5.74, 6) is -0.371. The molecule has 2 amide bonds. The number of rotatable bonds is 4. The van der Waals surface area contributed by atoms with Crippen LogP contribution in [0, 0.1) is 0 Å². The lowest BCUT2D eigenvalue weighted by Crippen LogP contribution is -2.30. The van der Waals surface area contributed by atoms with E-state index >= 15 is 0 Å². The molecule has 0 fully saturated rings. The van der Waals surface area contributed by atoms with Crippen LogP contribution in [0.25, 0.3) is 0 Å². The van der Waals surface area contributed by atoms with Gasteiger partial charge in [0.25, 0.3) is 11.8 Å². The van der Waals surface area contributed by atoms with Crippen LogP contribution in [0.2, 0.25) is 0 Å². The van der Waals surface area contributed by atoms with Crippen LogP contribution in [0.5, 0.6) is 0 Å². The summed E-state index contributed by atoms with van der Waals surface area (Å²) in [7, 11) is 1.70. The van der Waals surface area contributed by atoms with Crippen LogP contribution in [0.1, 0.15) is 34.7 Å². The number of nitrogens with one attached hydrogen (secondary N) is 2. The van der Waals surface area contributed by atoms with Crippen molar-refractivity contribution >= 4 is 17.5 Å². The van der Waals surface area contributed by atoms with Gasteiger partial charge in [-0.2, -0.15) is 5.10 Å². The molecule has 6 nitrogen and oxygen atoms in total. The van der Waals surface area contributed by atoms with Crippen LogP contribution in [0.4, 0.5) is 5.69 Å². The van der Waals surface area contributed by atoms with Gasteiger partial charge in [0.05, 0.1) is 0 Å². The lowest BCUT2D eigenvalue weighted by Gasteiger charge is -2.09. The SMILES string of the molecule is CC(C)NC(=O)c1ccc(NC(=O)c2ccnn2C)cc1. The van der Waals surface area contributed by atoms with Gasteiger partial charge in [0.1, 0.15) is 5.69 Å². The number of carbonyl (C=O) groups is 2. The van der Waals surface area contributed by atoms with Crippen LogP contribution >= 0.6 is 0 Å². The summed E-state index contributed by atoms with van der Waals surface area (Å²) in [6.45, 7) is 3.81. The molecule has 2 aromatic rings. The van der Waals surface area contributed by atoms with Gasteiger partial charge in [-0.3, -0.25) is 14.3 Å². The van der Waals surface area contributed by atoms with Crippen molar-refractivity contribution in [3.8, 4) is 0 Å². The Morgan fingerprint density at radius 3 is 2.29 bits per heavy atom. The van der Waals surface area contributed by atoms with E-state index in [1.807, 2.05) is 13.8 Å². The molecule has 0 aliphatic carbocycles. The fraction of sp³-hybridized carbons (Fsp3) is 0.267. The Morgan fingerprint density at radius 1 is 1.10 bits per heavy atom. The van der Waals surface area contributed by atoms with E-state index in [4.69, 9.17) is 0 Å². The zero-order valence-electron chi connectivity index (χ0n) is 12.3. The van der Waals surface area contributed by atoms with E-state index in [0.29, 0.717) is 16.9 Å². The molecule has 110 valence electrons. The van der Waals surface area contributed by atoms with E-state index in [9.17, 15) is 9.59 Å². The summed E-state index contributed by atoms with van der Waals surface area (Å²) < 4.78 is 1.50. The standard InChI is InChI=1S/C15H18N4O2/c1-10(2)17-14(20)11-4-6-12(7-5-11)18-15(21)13-8-9-16-19(13)3/h4-10H,1-3H3,(H,17,20)(H,18,21). The lowest BCUT2D eigenvalue weighted by atomic mass is 10.2. The predicted octanol–water partition coefficient (Wildman–Crippen LogP) is 1.81. The molecule has 0 saturated heterocycles. The van der Waals surface area contributed by atoms with Gasteiger partial charge in [-0.25, -0.2) is 0 Å². The maximum absolute atomic E-state index is 12.0. The van der Waals surface area contributed by atoms with Crippen molar-refractivity contribution in [1.82, 2.24) is 15.1 Å². The molecular formula is C15H18N4O2. The summed E-state index contributed by atoms with van der Waals surface area (Å²) in [6.07, 6.45) is 1.56. The molecule has 0 saturated carbocycles. The molecule has 0 spiro atoms. The lowest BCUT2D eigenvalue weighted by molar-refractivity contribution is 0.0942. The van der Waals surface area contributed by atoms with Crippen molar-refractivity contribution in [2.24, 2.45) is 7.05 Å². The fourth-order valence-electron chi connectivity index (χ4n) is 1.84. The van der Waals surface area contributed by atoms with Crippen LogP contribution in [0.3, 0.4) is 0 Å². The second-order valence-corrected chi connectivity index (χ2v) is 5.00. The molecule has 0 unspecified atom stereocenters. The zero-order chi connectivity index (χ0) is 15.4. The van der Waals surface area contributed by atoms with Crippen LogP contribution in [-0.2, 0) is 7.05 Å². The summed E-state index contributed by atoms with van der Waals surface area (Å²) in [6, 6.07) is 8.47. The smallest absolute Gasteiger partial charge is 0.273 e. The average Bonchev–Trinajstić information content (AvgIpc) is 2.85. The van der Waals surface area contributed by atoms with Crippen molar-refractivity contribution in [3.05, 3.63) is 47.8 Å². The first-order valence-electron chi connectivity index (χ1n) is 6.67. The normalized spacial score (nSPS) is 10.5. The second kappa shape index (κ2) is 6.21. The monoisotopic (exact) mass is 286 g/mol. The first-order valence-corrected chi connectivity index (χ1v) is 6.67. The van der Waals surface area contributed by atoms with Gasteiger partial charge >= 0.3 is 0 Å². The van der Waals surface area contributed by atoms with Gasteiger partial charge in [-0.1, -0.05) is 0 Å². The summed E-state index contributed by atoms with van der Waals surface area (Å²) in [5.41, 5.74) is 1.65. The van der Waals surface area contributed by atoms with Crippen LogP contribution < -0.4 is 10.6 Å². The summed E-state index contributed by atoms with van der Waals surface area (Å²) in [4.78, 5) is 23.8. The highest BCUT2D eigenvalue weighted by Crippen LogP contribution is 2.11. The third kappa shape index (κ3) is 3.68. The Balaban J connectivity index is 2.04. The minimum absolute atomic E-state index is 0.0849. The number of benzene rings is 1. The van der Waals surface area contributed by atoms with Crippen molar-refractivity contribution in [3.63, 3.8) is 0 Å². The molecule has 0 aliphatic rings. The van der Waals surface area contributed by atoms with E-state index in [2.05, 4.69) is 15.7 Å². The summed E-state index contributed by atoms with van der Waals surface area (Å²) in [5, 5.41) is 9.52. The van der Waals surface area contributed by atoms with Crippen molar-refractivity contribution in [2.75, 3.05) is 5.32 Å². The Hall–Kier alpha value is -2.63. The third-order valence-corrected chi connectivity index (χ3v) is 2.88. The third-order valence-electron chi connectivity index (χ3n) is 2.88. The highest BCUT2D eigenvalue weighted by Gasteiger charge is 2.11. The van der Waals surface area contributed by atoms with Crippen LogP contribution in [-0.4, -0.2) is 27.6 Å². The van der Waals surface area contributed by atoms with Gasteiger partial charge < -0.3 is 10.6 Å². The quantitative estimate of drug-likeness (QED) is 0.900. The molecule has 1 heterocycles.